The molecular formula is C15H20N2O2. The molecule has 2 amide bonds. The first-order chi connectivity index (χ1) is 8.97. The summed E-state index contributed by atoms with van der Waals surface area (Å²) in [6, 6.07) is 7.25. The summed E-state index contributed by atoms with van der Waals surface area (Å²) in [5, 5.41) is 5.71. The predicted octanol–water partition coefficient (Wildman–Crippen LogP) is 2.88. The van der Waals surface area contributed by atoms with E-state index >= 15 is 0 Å². The van der Waals surface area contributed by atoms with Gasteiger partial charge in [-0.1, -0.05) is 26.8 Å². The quantitative estimate of drug-likeness (QED) is 0.874. The minimum Gasteiger partial charge on any atom is -0.326 e. The molecule has 1 saturated carbocycles. The van der Waals surface area contributed by atoms with Crippen molar-refractivity contribution in [3.63, 3.8) is 0 Å². The molecule has 1 aromatic carbocycles. The Labute approximate surface area is 113 Å². The summed E-state index contributed by atoms with van der Waals surface area (Å²) in [5.41, 5.74) is 1.44. The average Bonchev–Trinajstić information content (AvgIpc) is 3.07. The molecule has 0 aromatic heterocycles. The van der Waals surface area contributed by atoms with Crippen LogP contribution in [-0.4, -0.2) is 11.8 Å². The number of carbonyl (C=O) groups is 2. The molecule has 2 rings (SSSR count). The summed E-state index contributed by atoms with van der Waals surface area (Å²) < 4.78 is 0. The highest BCUT2D eigenvalue weighted by molar-refractivity contribution is 5.96. The topological polar surface area (TPSA) is 58.2 Å². The van der Waals surface area contributed by atoms with E-state index in [4.69, 9.17) is 0 Å². The van der Waals surface area contributed by atoms with E-state index in [1.165, 1.54) is 0 Å². The highest BCUT2D eigenvalue weighted by Gasteiger charge is 2.39. The van der Waals surface area contributed by atoms with Gasteiger partial charge in [0.2, 0.25) is 11.8 Å². The van der Waals surface area contributed by atoms with E-state index < -0.39 is 0 Å². The lowest BCUT2D eigenvalue weighted by Gasteiger charge is -2.10. The molecule has 4 heteroatoms. The molecule has 2 atom stereocenters. The Morgan fingerprint density at radius 3 is 2.32 bits per heavy atom. The zero-order valence-corrected chi connectivity index (χ0v) is 11.6. The molecule has 1 aliphatic rings. The van der Waals surface area contributed by atoms with Gasteiger partial charge in [-0.15, -0.1) is 0 Å². The summed E-state index contributed by atoms with van der Waals surface area (Å²) in [5.74, 6) is 0.613. The highest BCUT2D eigenvalue weighted by Crippen LogP contribution is 2.38. The van der Waals surface area contributed by atoms with Gasteiger partial charge in [0.05, 0.1) is 0 Å². The van der Waals surface area contributed by atoms with Gasteiger partial charge in [-0.3, -0.25) is 9.59 Å². The number of hydrogen-bond acceptors (Lipinski definition) is 2. The number of rotatable bonds is 4. The molecular weight excluding hydrogens is 240 g/mol. The van der Waals surface area contributed by atoms with Crippen molar-refractivity contribution in [2.24, 2.45) is 17.8 Å². The van der Waals surface area contributed by atoms with Crippen LogP contribution < -0.4 is 10.6 Å². The van der Waals surface area contributed by atoms with Crippen molar-refractivity contribution in [2.75, 3.05) is 10.6 Å². The molecule has 1 aliphatic carbocycles. The first-order valence-corrected chi connectivity index (χ1v) is 6.69. The third-order valence-electron chi connectivity index (χ3n) is 3.37. The van der Waals surface area contributed by atoms with Gasteiger partial charge in [0, 0.05) is 23.2 Å². The Morgan fingerprint density at radius 2 is 1.79 bits per heavy atom. The van der Waals surface area contributed by atoms with Crippen LogP contribution in [0, 0.1) is 17.8 Å². The predicted molar refractivity (Wildman–Crippen MR) is 75.8 cm³/mol. The van der Waals surface area contributed by atoms with Crippen LogP contribution in [0.5, 0.6) is 0 Å². The Hall–Kier alpha value is -1.84. The van der Waals surface area contributed by atoms with Gasteiger partial charge in [0.25, 0.3) is 0 Å². The second kappa shape index (κ2) is 5.43. The molecule has 4 nitrogen and oxygen atoms in total. The van der Waals surface area contributed by atoms with Crippen LogP contribution in [0.1, 0.15) is 27.2 Å². The lowest BCUT2D eigenvalue weighted by atomic mass is 10.2. The summed E-state index contributed by atoms with van der Waals surface area (Å²) >= 11 is 0. The van der Waals surface area contributed by atoms with Crippen LogP contribution in [0.15, 0.2) is 24.3 Å². The molecule has 2 N–H and O–H groups in total. The lowest BCUT2D eigenvalue weighted by Crippen LogP contribution is -2.18. The third-order valence-corrected chi connectivity index (χ3v) is 3.37. The van der Waals surface area contributed by atoms with Crippen LogP contribution in [0.2, 0.25) is 0 Å². The van der Waals surface area contributed by atoms with E-state index in [-0.39, 0.29) is 23.7 Å². The second-order valence-corrected chi connectivity index (χ2v) is 5.53. The third kappa shape index (κ3) is 3.56. The maximum absolute atomic E-state index is 11.8. The van der Waals surface area contributed by atoms with Gasteiger partial charge >= 0.3 is 0 Å². The van der Waals surface area contributed by atoms with Gasteiger partial charge in [-0.2, -0.15) is 0 Å². The SMILES string of the molecule is CC(C)C(=O)Nc1cccc(NC(=O)[C@@H]2C[C@H]2C)c1. The van der Waals surface area contributed by atoms with Crippen LogP contribution >= 0.6 is 0 Å². The maximum atomic E-state index is 11.8. The molecule has 102 valence electrons. The van der Waals surface area contributed by atoms with Crippen molar-refractivity contribution in [3.05, 3.63) is 24.3 Å². The Bertz CT molecular complexity index is 497. The van der Waals surface area contributed by atoms with Crippen molar-refractivity contribution < 1.29 is 9.59 Å². The fraction of sp³-hybridized carbons (Fsp3) is 0.467. The van der Waals surface area contributed by atoms with E-state index in [0.717, 1.165) is 12.1 Å². The van der Waals surface area contributed by atoms with Gasteiger partial charge < -0.3 is 10.6 Å². The summed E-state index contributed by atoms with van der Waals surface area (Å²) in [6.07, 6.45) is 0.968. The van der Waals surface area contributed by atoms with Crippen LogP contribution in [0.4, 0.5) is 11.4 Å². The first kappa shape index (κ1) is 13.6. The number of amides is 2. The monoisotopic (exact) mass is 260 g/mol. The van der Waals surface area contributed by atoms with Gasteiger partial charge in [-0.05, 0) is 30.5 Å². The Balaban J connectivity index is 1.99. The molecule has 0 radical (unpaired) electrons. The van der Waals surface area contributed by atoms with Crippen LogP contribution in [0.25, 0.3) is 0 Å². The number of hydrogen-bond donors (Lipinski definition) is 2. The Kier molecular flexibility index (Phi) is 3.88. The van der Waals surface area contributed by atoms with E-state index in [1.807, 2.05) is 32.0 Å². The van der Waals surface area contributed by atoms with E-state index in [1.54, 1.807) is 6.07 Å². The molecule has 19 heavy (non-hydrogen) atoms. The fourth-order valence-corrected chi connectivity index (χ4v) is 1.88. The maximum Gasteiger partial charge on any atom is 0.227 e. The molecule has 0 saturated heterocycles. The normalized spacial score (nSPS) is 21.1. The molecule has 1 aromatic rings. The first-order valence-electron chi connectivity index (χ1n) is 6.69. The van der Waals surface area contributed by atoms with Crippen molar-refractivity contribution in [1.82, 2.24) is 0 Å². The summed E-state index contributed by atoms with van der Waals surface area (Å²) in [6.45, 7) is 5.76. The van der Waals surface area contributed by atoms with E-state index in [0.29, 0.717) is 11.6 Å². The molecule has 1 fully saturated rings. The summed E-state index contributed by atoms with van der Waals surface area (Å²) in [7, 11) is 0. The standard InChI is InChI=1S/C15H20N2O2/c1-9(2)14(18)16-11-5-4-6-12(8-11)17-15(19)13-7-10(13)3/h4-6,8-10,13H,7H2,1-3H3,(H,16,18)(H,17,19)/t10-,13-/m1/s1. The van der Waals surface area contributed by atoms with Crippen molar-refractivity contribution in [3.8, 4) is 0 Å². The highest BCUT2D eigenvalue weighted by atomic mass is 16.2. The van der Waals surface area contributed by atoms with Gasteiger partial charge in [0.15, 0.2) is 0 Å². The largest absolute Gasteiger partial charge is 0.326 e. The van der Waals surface area contributed by atoms with Crippen LogP contribution in [-0.2, 0) is 9.59 Å². The zero-order valence-electron chi connectivity index (χ0n) is 11.6. The smallest absolute Gasteiger partial charge is 0.227 e. The average molecular weight is 260 g/mol. The summed E-state index contributed by atoms with van der Waals surface area (Å²) in [4.78, 5) is 23.4. The number of benzene rings is 1. The number of carbonyl (C=O) groups excluding carboxylic acids is 2. The van der Waals surface area contributed by atoms with Crippen LogP contribution in [0.3, 0.4) is 0 Å². The number of anilines is 2. The van der Waals surface area contributed by atoms with Crippen molar-refractivity contribution in [1.29, 1.82) is 0 Å². The molecule has 0 bridgehead atoms. The van der Waals surface area contributed by atoms with Crippen molar-refractivity contribution in [2.45, 2.75) is 27.2 Å². The molecule has 0 spiro atoms. The van der Waals surface area contributed by atoms with E-state index in [9.17, 15) is 9.59 Å². The minimum absolute atomic E-state index is 0.0284. The van der Waals surface area contributed by atoms with E-state index in [2.05, 4.69) is 17.6 Å². The number of nitrogens with one attached hydrogen (secondary N) is 2. The molecule has 0 unspecified atom stereocenters. The Morgan fingerprint density at radius 1 is 1.21 bits per heavy atom. The fourth-order valence-electron chi connectivity index (χ4n) is 1.88. The molecule has 0 heterocycles. The van der Waals surface area contributed by atoms with Gasteiger partial charge in [0.1, 0.15) is 0 Å². The van der Waals surface area contributed by atoms with Crippen molar-refractivity contribution >= 4 is 23.2 Å². The minimum atomic E-state index is -0.0643. The van der Waals surface area contributed by atoms with Gasteiger partial charge in [-0.25, -0.2) is 0 Å². The second-order valence-electron chi connectivity index (χ2n) is 5.53. The molecule has 0 aliphatic heterocycles. The zero-order chi connectivity index (χ0) is 14.0. The lowest BCUT2D eigenvalue weighted by molar-refractivity contribution is -0.119.